The molecular formula is C20H38ClNO2. The molecule has 0 saturated heterocycles. The summed E-state index contributed by atoms with van der Waals surface area (Å²) in [6.07, 6.45) is 10.5. The fourth-order valence-electron chi connectivity index (χ4n) is 5.67. The van der Waals surface area contributed by atoms with Crippen molar-refractivity contribution >= 4 is 12.4 Å². The third-order valence-corrected chi connectivity index (χ3v) is 7.90. The van der Waals surface area contributed by atoms with Crippen molar-refractivity contribution in [1.82, 2.24) is 4.90 Å². The molecule has 3 nitrogen and oxygen atoms in total. The minimum atomic E-state index is -0.354. The number of ether oxygens (including phenoxy) is 1. The molecule has 4 atom stereocenters. The zero-order valence-corrected chi connectivity index (χ0v) is 16.9. The van der Waals surface area contributed by atoms with Crippen LogP contribution in [0.15, 0.2) is 0 Å². The summed E-state index contributed by atoms with van der Waals surface area (Å²) in [4.78, 5) is 2.36. The van der Waals surface area contributed by atoms with E-state index in [-0.39, 0.29) is 18.5 Å². The van der Waals surface area contributed by atoms with E-state index in [1.807, 2.05) is 0 Å². The van der Waals surface area contributed by atoms with E-state index in [9.17, 15) is 5.11 Å². The zero-order valence-electron chi connectivity index (χ0n) is 16.1. The molecule has 0 amide bonds. The number of likely N-dealkylation sites (N-methyl/N-ethyl adjacent to an activating group) is 1. The standard InChI is InChI=1S/C20H37NO2.ClH/c1-19(2)15-10-11-20(19,3)18(12-15)23-14-17(22)13-21(4)16-8-6-5-7-9-16;/h15-18,22H,5-14H2,1-4H3;1H. The van der Waals surface area contributed by atoms with Crippen molar-refractivity contribution in [2.45, 2.75) is 90.4 Å². The molecule has 0 aromatic rings. The summed E-state index contributed by atoms with van der Waals surface area (Å²) in [6, 6.07) is 0.664. The molecule has 0 aromatic heterocycles. The van der Waals surface area contributed by atoms with Crippen molar-refractivity contribution in [2.75, 3.05) is 20.2 Å². The van der Waals surface area contributed by atoms with Gasteiger partial charge in [-0.05, 0) is 55.9 Å². The SMILES string of the molecule is CN(CC(O)COC1CC2CCC1(C)C2(C)C)C1CCCCC1.Cl. The number of halogens is 1. The van der Waals surface area contributed by atoms with Gasteiger partial charge in [0.25, 0.3) is 0 Å². The first-order valence-electron chi connectivity index (χ1n) is 9.84. The molecule has 0 radical (unpaired) electrons. The number of nitrogens with zero attached hydrogens (tertiary/aromatic N) is 1. The average Bonchev–Trinajstić information content (AvgIpc) is 2.86. The summed E-state index contributed by atoms with van der Waals surface area (Å²) in [7, 11) is 2.17. The van der Waals surface area contributed by atoms with Crippen molar-refractivity contribution in [3.8, 4) is 0 Å². The predicted octanol–water partition coefficient (Wildman–Crippen LogP) is 4.27. The summed E-state index contributed by atoms with van der Waals surface area (Å²) in [5, 5.41) is 10.4. The smallest absolute Gasteiger partial charge is 0.0900 e. The van der Waals surface area contributed by atoms with Crippen LogP contribution in [-0.4, -0.2) is 48.5 Å². The molecule has 2 bridgehead atoms. The van der Waals surface area contributed by atoms with Crippen LogP contribution in [0.25, 0.3) is 0 Å². The van der Waals surface area contributed by atoms with Gasteiger partial charge in [0.2, 0.25) is 0 Å². The Balaban J connectivity index is 0.00000208. The van der Waals surface area contributed by atoms with E-state index in [1.165, 1.54) is 51.4 Å². The zero-order chi connectivity index (χ0) is 16.7. The molecule has 142 valence electrons. The highest BCUT2D eigenvalue weighted by Crippen LogP contribution is 2.66. The summed E-state index contributed by atoms with van der Waals surface area (Å²) in [5.41, 5.74) is 0.689. The molecule has 3 aliphatic carbocycles. The highest BCUT2D eigenvalue weighted by atomic mass is 35.5. The summed E-state index contributed by atoms with van der Waals surface area (Å²) < 4.78 is 6.25. The van der Waals surface area contributed by atoms with Crippen LogP contribution in [-0.2, 0) is 4.74 Å². The third kappa shape index (κ3) is 3.65. The summed E-state index contributed by atoms with van der Waals surface area (Å²) >= 11 is 0. The Morgan fingerprint density at radius 1 is 1.12 bits per heavy atom. The molecule has 4 unspecified atom stereocenters. The highest BCUT2D eigenvalue weighted by Gasteiger charge is 2.61. The Bertz CT molecular complexity index is 410. The Labute approximate surface area is 154 Å². The molecule has 3 rings (SSSR count). The lowest BCUT2D eigenvalue weighted by molar-refractivity contribution is -0.0802. The summed E-state index contributed by atoms with van der Waals surface area (Å²) in [6.45, 7) is 8.49. The second kappa shape index (κ2) is 7.82. The highest BCUT2D eigenvalue weighted by molar-refractivity contribution is 5.85. The van der Waals surface area contributed by atoms with Gasteiger partial charge in [0.1, 0.15) is 0 Å². The van der Waals surface area contributed by atoms with Gasteiger partial charge in [0, 0.05) is 12.6 Å². The maximum absolute atomic E-state index is 10.4. The fraction of sp³-hybridized carbons (Fsp3) is 1.00. The number of aliphatic hydroxyl groups is 1. The molecule has 0 spiro atoms. The fourth-order valence-corrected chi connectivity index (χ4v) is 5.67. The molecule has 1 N–H and O–H groups in total. The van der Waals surface area contributed by atoms with Crippen LogP contribution >= 0.6 is 12.4 Å². The van der Waals surface area contributed by atoms with Crippen molar-refractivity contribution in [3.05, 3.63) is 0 Å². The lowest BCUT2D eigenvalue weighted by Crippen LogP contribution is -2.42. The Kier molecular flexibility index (Phi) is 6.67. The van der Waals surface area contributed by atoms with Gasteiger partial charge in [0.15, 0.2) is 0 Å². The molecule has 0 aromatic carbocycles. The number of hydrogen-bond acceptors (Lipinski definition) is 3. The summed E-state index contributed by atoms with van der Waals surface area (Å²) in [5.74, 6) is 0.805. The van der Waals surface area contributed by atoms with Crippen LogP contribution in [0.4, 0.5) is 0 Å². The maximum atomic E-state index is 10.4. The number of hydrogen-bond donors (Lipinski definition) is 1. The molecule has 0 heterocycles. The van der Waals surface area contributed by atoms with Crippen LogP contribution in [0.1, 0.15) is 72.1 Å². The molecular weight excluding hydrogens is 322 g/mol. The van der Waals surface area contributed by atoms with E-state index in [0.29, 0.717) is 29.6 Å². The largest absolute Gasteiger partial charge is 0.389 e. The predicted molar refractivity (Wildman–Crippen MR) is 102 cm³/mol. The van der Waals surface area contributed by atoms with E-state index < -0.39 is 0 Å². The van der Waals surface area contributed by atoms with Crippen LogP contribution in [0.3, 0.4) is 0 Å². The minimum Gasteiger partial charge on any atom is -0.389 e. The quantitative estimate of drug-likeness (QED) is 0.768. The maximum Gasteiger partial charge on any atom is 0.0900 e. The number of fused-ring (bicyclic) bond motifs is 2. The molecule has 0 aliphatic heterocycles. The lowest BCUT2D eigenvalue weighted by atomic mass is 9.70. The van der Waals surface area contributed by atoms with Gasteiger partial charge in [-0.1, -0.05) is 40.0 Å². The molecule has 3 fully saturated rings. The van der Waals surface area contributed by atoms with Gasteiger partial charge in [0.05, 0.1) is 18.8 Å². The Morgan fingerprint density at radius 3 is 2.33 bits per heavy atom. The Morgan fingerprint density at radius 2 is 1.79 bits per heavy atom. The van der Waals surface area contributed by atoms with Crippen molar-refractivity contribution < 1.29 is 9.84 Å². The first-order chi connectivity index (χ1) is 10.8. The van der Waals surface area contributed by atoms with Gasteiger partial charge in [-0.2, -0.15) is 0 Å². The normalized spacial score (nSPS) is 36.8. The first kappa shape index (κ1) is 20.5. The van der Waals surface area contributed by atoms with E-state index in [0.717, 1.165) is 12.5 Å². The van der Waals surface area contributed by atoms with E-state index in [4.69, 9.17) is 4.74 Å². The van der Waals surface area contributed by atoms with E-state index in [2.05, 4.69) is 32.7 Å². The molecule has 3 aliphatic rings. The van der Waals surface area contributed by atoms with E-state index in [1.54, 1.807) is 0 Å². The van der Waals surface area contributed by atoms with Crippen molar-refractivity contribution in [2.24, 2.45) is 16.7 Å². The van der Waals surface area contributed by atoms with Gasteiger partial charge < -0.3 is 14.7 Å². The number of rotatable bonds is 6. The second-order valence-corrected chi connectivity index (χ2v) is 9.32. The lowest BCUT2D eigenvalue weighted by Gasteiger charge is -2.39. The van der Waals surface area contributed by atoms with Crippen LogP contribution in [0, 0.1) is 16.7 Å². The van der Waals surface area contributed by atoms with Crippen LogP contribution in [0.5, 0.6) is 0 Å². The van der Waals surface area contributed by atoms with Gasteiger partial charge in [-0.15, -0.1) is 12.4 Å². The van der Waals surface area contributed by atoms with Crippen molar-refractivity contribution in [1.29, 1.82) is 0 Å². The second-order valence-electron chi connectivity index (χ2n) is 9.32. The molecule has 3 saturated carbocycles. The number of aliphatic hydroxyl groups excluding tert-OH is 1. The topological polar surface area (TPSA) is 32.7 Å². The van der Waals surface area contributed by atoms with Crippen molar-refractivity contribution in [3.63, 3.8) is 0 Å². The monoisotopic (exact) mass is 359 g/mol. The minimum absolute atomic E-state index is 0. The average molecular weight is 360 g/mol. The first-order valence-corrected chi connectivity index (χ1v) is 9.84. The molecule has 4 heteroatoms. The van der Waals surface area contributed by atoms with E-state index >= 15 is 0 Å². The van der Waals surface area contributed by atoms with Gasteiger partial charge >= 0.3 is 0 Å². The third-order valence-electron chi connectivity index (χ3n) is 7.90. The van der Waals surface area contributed by atoms with Crippen LogP contribution < -0.4 is 0 Å². The van der Waals surface area contributed by atoms with Gasteiger partial charge in [-0.25, -0.2) is 0 Å². The molecule has 24 heavy (non-hydrogen) atoms. The Hall–Kier alpha value is 0.170. The van der Waals surface area contributed by atoms with Crippen LogP contribution in [0.2, 0.25) is 0 Å². The van der Waals surface area contributed by atoms with Gasteiger partial charge in [-0.3, -0.25) is 0 Å².